The summed E-state index contributed by atoms with van der Waals surface area (Å²) in [5, 5.41) is 0. The van der Waals surface area contributed by atoms with E-state index in [4.69, 9.17) is 0 Å². The third kappa shape index (κ3) is 4.60. The number of amides is 1. The molecule has 0 saturated carbocycles. The first-order valence-corrected chi connectivity index (χ1v) is 12.1. The average molecular weight is 429 g/mol. The molecule has 0 spiro atoms. The van der Waals surface area contributed by atoms with Crippen molar-refractivity contribution in [1.29, 1.82) is 0 Å². The van der Waals surface area contributed by atoms with Crippen molar-refractivity contribution in [1.82, 2.24) is 4.31 Å². The molecule has 0 N–H and O–H groups in total. The van der Waals surface area contributed by atoms with Crippen molar-refractivity contribution >= 4 is 21.6 Å². The van der Waals surface area contributed by atoms with Crippen molar-refractivity contribution in [3.8, 4) is 0 Å². The van der Waals surface area contributed by atoms with E-state index < -0.39 is 10.0 Å². The van der Waals surface area contributed by atoms with Crippen LogP contribution in [-0.2, 0) is 10.0 Å². The van der Waals surface area contributed by atoms with Gasteiger partial charge in [-0.25, -0.2) is 8.42 Å². The van der Waals surface area contributed by atoms with E-state index in [1.54, 1.807) is 33.5 Å². The molecule has 1 aliphatic heterocycles. The molecule has 0 atom stereocenters. The van der Waals surface area contributed by atoms with E-state index in [1.165, 1.54) is 0 Å². The van der Waals surface area contributed by atoms with Crippen LogP contribution in [0.5, 0.6) is 0 Å². The Morgan fingerprint density at radius 3 is 2.20 bits per heavy atom. The third-order valence-electron chi connectivity index (χ3n) is 5.84. The number of rotatable bonds is 5. The number of carbonyl (C=O) groups excluding carboxylic acids is 1. The zero-order valence-corrected chi connectivity index (χ0v) is 19.4. The maximum absolute atomic E-state index is 13.3. The largest absolute Gasteiger partial charge is 0.306 e. The summed E-state index contributed by atoms with van der Waals surface area (Å²) in [6, 6.07) is 12.4. The number of hydrogen-bond acceptors (Lipinski definition) is 3. The van der Waals surface area contributed by atoms with Gasteiger partial charge in [0, 0.05) is 30.4 Å². The Bertz CT molecular complexity index is 1010. The van der Waals surface area contributed by atoms with E-state index >= 15 is 0 Å². The number of benzene rings is 2. The smallest absolute Gasteiger partial charge is 0.258 e. The molecule has 1 heterocycles. The van der Waals surface area contributed by atoms with Crippen LogP contribution in [0.4, 0.5) is 5.69 Å². The van der Waals surface area contributed by atoms with Crippen molar-refractivity contribution in [2.24, 2.45) is 5.92 Å². The second-order valence-electron chi connectivity index (χ2n) is 8.67. The molecule has 30 heavy (non-hydrogen) atoms. The molecule has 0 aliphatic carbocycles. The summed E-state index contributed by atoms with van der Waals surface area (Å²) in [6.45, 7) is 11.2. The highest BCUT2D eigenvalue weighted by molar-refractivity contribution is 7.89. The zero-order valence-electron chi connectivity index (χ0n) is 18.6. The van der Waals surface area contributed by atoms with Gasteiger partial charge in [-0.3, -0.25) is 4.79 Å². The van der Waals surface area contributed by atoms with Crippen LogP contribution >= 0.6 is 0 Å². The first-order valence-electron chi connectivity index (χ1n) is 10.6. The van der Waals surface area contributed by atoms with Gasteiger partial charge in [0.15, 0.2) is 0 Å². The second kappa shape index (κ2) is 8.90. The molecule has 0 unspecified atom stereocenters. The number of piperidine rings is 1. The number of hydrogen-bond donors (Lipinski definition) is 0. The summed E-state index contributed by atoms with van der Waals surface area (Å²) in [6.07, 6.45) is 1.77. The summed E-state index contributed by atoms with van der Waals surface area (Å²) >= 11 is 0. The molecule has 2 aromatic rings. The van der Waals surface area contributed by atoms with Crippen molar-refractivity contribution in [2.75, 3.05) is 18.0 Å². The van der Waals surface area contributed by atoms with E-state index in [1.807, 2.05) is 45.9 Å². The highest BCUT2D eigenvalue weighted by Crippen LogP contribution is 2.27. The Morgan fingerprint density at radius 1 is 1.03 bits per heavy atom. The van der Waals surface area contributed by atoms with Gasteiger partial charge in [0.1, 0.15) is 0 Å². The van der Waals surface area contributed by atoms with Gasteiger partial charge in [-0.05, 0) is 87.9 Å². The standard InChI is InChI=1S/C24H32N2O3S/c1-17(2)26(23-16-19(4)6-7-20(23)5)24(27)21-8-10-22(11-9-21)30(28,29)25-14-12-18(3)13-15-25/h6-11,16-18H,12-15H2,1-5H3. The van der Waals surface area contributed by atoms with Gasteiger partial charge >= 0.3 is 0 Å². The molecule has 1 fully saturated rings. The highest BCUT2D eigenvalue weighted by Gasteiger charge is 2.29. The fraction of sp³-hybridized carbons (Fsp3) is 0.458. The summed E-state index contributed by atoms with van der Waals surface area (Å²) in [7, 11) is -3.52. The van der Waals surface area contributed by atoms with Crippen molar-refractivity contribution in [3.63, 3.8) is 0 Å². The number of sulfonamides is 1. The fourth-order valence-electron chi connectivity index (χ4n) is 3.88. The molecule has 3 rings (SSSR count). The Hall–Kier alpha value is -2.18. The average Bonchev–Trinajstić information content (AvgIpc) is 2.71. The molecule has 0 aromatic heterocycles. The van der Waals surface area contributed by atoms with Crippen LogP contribution in [0.2, 0.25) is 0 Å². The molecule has 1 aliphatic rings. The zero-order chi connectivity index (χ0) is 22.1. The molecule has 2 aromatic carbocycles. The van der Waals surface area contributed by atoms with Crippen LogP contribution in [0, 0.1) is 19.8 Å². The van der Waals surface area contributed by atoms with Crippen molar-refractivity contribution in [3.05, 3.63) is 59.2 Å². The van der Waals surface area contributed by atoms with Gasteiger partial charge < -0.3 is 4.90 Å². The first kappa shape index (κ1) is 22.5. The van der Waals surface area contributed by atoms with Gasteiger partial charge in [-0.1, -0.05) is 19.1 Å². The highest BCUT2D eigenvalue weighted by atomic mass is 32.2. The lowest BCUT2D eigenvalue weighted by molar-refractivity contribution is 0.0980. The van der Waals surface area contributed by atoms with E-state index in [0.717, 1.165) is 29.7 Å². The lowest BCUT2D eigenvalue weighted by Gasteiger charge is -2.30. The lowest BCUT2D eigenvalue weighted by atomic mass is 10.0. The second-order valence-corrected chi connectivity index (χ2v) is 10.6. The summed E-state index contributed by atoms with van der Waals surface area (Å²) in [4.78, 5) is 15.3. The monoisotopic (exact) mass is 428 g/mol. The van der Waals surface area contributed by atoms with Gasteiger partial charge in [0.25, 0.3) is 5.91 Å². The van der Waals surface area contributed by atoms with Crippen LogP contribution in [0.25, 0.3) is 0 Å². The van der Waals surface area contributed by atoms with Gasteiger partial charge in [0.2, 0.25) is 10.0 Å². The Labute approximate surface area is 180 Å². The minimum atomic E-state index is -3.52. The topological polar surface area (TPSA) is 57.7 Å². The number of anilines is 1. The predicted molar refractivity (Wildman–Crippen MR) is 121 cm³/mol. The van der Waals surface area contributed by atoms with Crippen LogP contribution < -0.4 is 4.90 Å². The molecule has 5 nitrogen and oxygen atoms in total. The van der Waals surface area contributed by atoms with E-state index in [0.29, 0.717) is 24.6 Å². The Morgan fingerprint density at radius 2 is 1.63 bits per heavy atom. The molecule has 0 bridgehead atoms. The van der Waals surface area contributed by atoms with Crippen LogP contribution in [0.15, 0.2) is 47.4 Å². The van der Waals surface area contributed by atoms with E-state index in [2.05, 4.69) is 6.92 Å². The van der Waals surface area contributed by atoms with Crippen molar-refractivity contribution in [2.45, 2.75) is 58.4 Å². The fourth-order valence-corrected chi connectivity index (χ4v) is 5.35. The quantitative estimate of drug-likeness (QED) is 0.689. The maximum Gasteiger partial charge on any atom is 0.258 e. The molecule has 1 saturated heterocycles. The molecule has 0 radical (unpaired) electrons. The number of aryl methyl sites for hydroxylation is 2. The normalized spacial score (nSPS) is 16.1. The molecule has 162 valence electrons. The summed E-state index contributed by atoms with van der Waals surface area (Å²) in [5.41, 5.74) is 3.48. The van der Waals surface area contributed by atoms with E-state index in [-0.39, 0.29) is 16.8 Å². The molecule has 1 amide bonds. The van der Waals surface area contributed by atoms with Gasteiger partial charge in [-0.15, -0.1) is 0 Å². The van der Waals surface area contributed by atoms with Gasteiger partial charge in [-0.2, -0.15) is 4.31 Å². The van der Waals surface area contributed by atoms with Crippen LogP contribution in [0.3, 0.4) is 0 Å². The third-order valence-corrected chi connectivity index (χ3v) is 7.75. The van der Waals surface area contributed by atoms with E-state index in [9.17, 15) is 13.2 Å². The number of carbonyl (C=O) groups is 1. The molecular formula is C24H32N2O3S. The minimum Gasteiger partial charge on any atom is -0.306 e. The summed E-state index contributed by atoms with van der Waals surface area (Å²) in [5.74, 6) is 0.429. The molecular weight excluding hydrogens is 396 g/mol. The van der Waals surface area contributed by atoms with Crippen molar-refractivity contribution < 1.29 is 13.2 Å². The molecule has 6 heteroatoms. The van der Waals surface area contributed by atoms with Gasteiger partial charge in [0.05, 0.1) is 4.90 Å². The van der Waals surface area contributed by atoms with Crippen LogP contribution in [-0.4, -0.2) is 37.8 Å². The number of nitrogens with zero attached hydrogens (tertiary/aromatic N) is 2. The predicted octanol–water partition coefficient (Wildman–Crippen LogP) is 4.78. The Balaban J connectivity index is 1.87. The minimum absolute atomic E-state index is 0.0308. The SMILES string of the molecule is Cc1ccc(C)c(N(C(=O)c2ccc(S(=O)(=O)N3CCC(C)CC3)cc2)C(C)C)c1. The first-order chi connectivity index (χ1) is 14.1. The van der Waals surface area contributed by atoms with Crippen LogP contribution in [0.1, 0.15) is 55.1 Å². The maximum atomic E-state index is 13.3. The summed E-state index contributed by atoms with van der Waals surface area (Å²) < 4.78 is 27.5. The Kier molecular flexibility index (Phi) is 6.68. The lowest BCUT2D eigenvalue weighted by Crippen LogP contribution is -2.38.